The monoisotopic (exact) mass is 308 g/mol. The Kier molecular flexibility index (Phi) is 4.97. The summed E-state index contributed by atoms with van der Waals surface area (Å²) in [4.78, 5) is 0. The van der Waals surface area contributed by atoms with Crippen LogP contribution in [-0.4, -0.2) is 23.3 Å². The Labute approximate surface area is 132 Å². The van der Waals surface area contributed by atoms with E-state index in [2.05, 4.69) is 30.7 Å². The molecule has 3 nitrogen and oxygen atoms in total. The van der Waals surface area contributed by atoms with Crippen molar-refractivity contribution in [2.75, 3.05) is 7.11 Å². The molecule has 2 rings (SSSR count). The molecule has 0 amide bonds. The summed E-state index contributed by atoms with van der Waals surface area (Å²) in [6.45, 7) is 7.15. The zero-order chi connectivity index (χ0) is 15.6. The summed E-state index contributed by atoms with van der Waals surface area (Å²) in [6.07, 6.45) is 4.02. The highest BCUT2D eigenvalue weighted by Gasteiger charge is 2.17. The Bertz CT molecular complexity index is 617. The van der Waals surface area contributed by atoms with E-state index in [0.29, 0.717) is 0 Å². The van der Waals surface area contributed by atoms with E-state index in [4.69, 9.17) is 22.1 Å². The molecule has 2 aromatic rings. The Morgan fingerprint density at radius 1 is 1.38 bits per heavy atom. The van der Waals surface area contributed by atoms with Crippen molar-refractivity contribution in [3.63, 3.8) is 0 Å². The Hall–Kier alpha value is -1.03. The minimum Gasteiger partial charge on any atom is -0.379 e. The van der Waals surface area contributed by atoms with E-state index in [-0.39, 0.29) is 11.6 Å². The molecular formula is C17H25ClN2O. The molecule has 0 radical (unpaired) electrons. The molecule has 0 aliphatic carbocycles. The van der Waals surface area contributed by atoms with E-state index in [1.165, 1.54) is 16.5 Å². The molecule has 1 aromatic heterocycles. The molecule has 2 N–H and O–H groups in total. The van der Waals surface area contributed by atoms with Crippen LogP contribution >= 0.6 is 11.6 Å². The maximum absolute atomic E-state index is 6.16. The van der Waals surface area contributed by atoms with Crippen LogP contribution in [0.3, 0.4) is 0 Å². The lowest BCUT2D eigenvalue weighted by molar-refractivity contribution is 0.0123. The van der Waals surface area contributed by atoms with Gasteiger partial charge in [-0.3, -0.25) is 0 Å². The van der Waals surface area contributed by atoms with Gasteiger partial charge in [0.2, 0.25) is 0 Å². The molecular weight excluding hydrogens is 284 g/mol. The first-order valence-electron chi connectivity index (χ1n) is 7.40. The van der Waals surface area contributed by atoms with Gasteiger partial charge in [-0.25, -0.2) is 0 Å². The van der Waals surface area contributed by atoms with Crippen molar-refractivity contribution < 1.29 is 4.74 Å². The average Bonchev–Trinajstić information content (AvgIpc) is 2.73. The molecule has 1 atom stereocenters. The van der Waals surface area contributed by atoms with Crippen molar-refractivity contribution in [1.82, 2.24) is 4.57 Å². The van der Waals surface area contributed by atoms with Gasteiger partial charge < -0.3 is 15.0 Å². The lowest BCUT2D eigenvalue weighted by Crippen LogP contribution is -2.24. The third kappa shape index (κ3) is 4.00. The highest BCUT2D eigenvalue weighted by molar-refractivity contribution is 6.31. The molecule has 1 unspecified atom stereocenters. The van der Waals surface area contributed by atoms with E-state index in [1.54, 1.807) is 7.11 Å². The number of ether oxygens (including phenoxy) is 1. The number of hydrogen-bond acceptors (Lipinski definition) is 2. The molecule has 0 fully saturated rings. The largest absolute Gasteiger partial charge is 0.379 e. The third-order valence-electron chi connectivity index (χ3n) is 3.98. The summed E-state index contributed by atoms with van der Waals surface area (Å²) in [5.74, 6) is 0. The second kappa shape index (κ2) is 6.39. The van der Waals surface area contributed by atoms with Crippen LogP contribution in [0.15, 0.2) is 24.4 Å². The molecule has 116 valence electrons. The number of fused-ring (bicyclic) bond motifs is 1. The van der Waals surface area contributed by atoms with Gasteiger partial charge in [0.25, 0.3) is 0 Å². The van der Waals surface area contributed by atoms with Crippen LogP contribution in [0.25, 0.3) is 10.9 Å². The van der Waals surface area contributed by atoms with Crippen LogP contribution in [0.1, 0.15) is 32.8 Å². The number of methoxy groups -OCH3 is 1. The quantitative estimate of drug-likeness (QED) is 0.876. The number of aromatic nitrogens is 1. The predicted molar refractivity (Wildman–Crippen MR) is 90.0 cm³/mol. The van der Waals surface area contributed by atoms with Crippen molar-refractivity contribution in [3.8, 4) is 0 Å². The summed E-state index contributed by atoms with van der Waals surface area (Å²) in [6, 6.07) is 6.21. The van der Waals surface area contributed by atoms with E-state index in [9.17, 15) is 0 Å². The first-order valence-corrected chi connectivity index (χ1v) is 7.78. The van der Waals surface area contributed by atoms with Gasteiger partial charge in [0.05, 0.1) is 5.60 Å². The van der Waals surface area contributed by atoms with Gasteiger partial charge >= 0.3 is 0 Å². The summed E-state index contributed by atoms with van der Waals surface area (Å²) in [5.41, 5.74) is 8.29. The molecule has 0 bridgehead atoms. The van der Waals surface area contributed by atoms with Gasteiger partial charge in [-0.15, -0.1) is 0 Å². The number of nitrogens with two attached hydrogens (primary N) is 1. The van der Waals surface area contributed by atoms with Gasteiger partial charge in [0.1, 0.15) is 0 Å². The molecule has 1 heterocycles. The Morgan fingerprint density at radius 2 is 2.10 bits per heavy atom. The highest BCUT2D eigenvalue weighted by atomic mass is 35.5. The zero-order valence-electron chi connectivity index (χ0n) is 13.3. The van der Waals surface area contributed by atoms with E-state index < -0.39 is 0 Å². The molecule has 0 aliphatic rings. The van der Waals surface area contributed by atoms with Crippen LogP contribution < -0.4 is 5.73 Å². The SMILES string of the molecule is COC(C)(C)CCn1cc(CC(C)N)c2ccc(Cl)cc21. The minimum atomic E-state index is -0.128. The molecule has 0 saturated heterocycles. The maximum Gasteiger partial charge on any atom is 0.0639 e. The van der Waals surface area contributed by atoms with Gasteiger partial charge in [-0.1, -0.05) is 17.7 Å². The number of rotatable bonds is 6. The van der Waals surface area contributed by atoms with Crippen molar-refractivity contribution in [3.05, 3.63) is 35.0 Å². The number of halogens is 1. The highest BCUT2D eigenvalue weighted by Crippen LogP contribution is 2.27. The molecule has 0 saturated carbocycles. The molecule has 4 heteroatoms. The number of hydrogen-bond donors (Lipinski definition) is 1. The number of benzene rings is 1. The van der Waals surface area contributed by atoms with E-state index in [0.717, 1.165) is 24.4 Å². The van der Waals surface area contributed by atoms with Gasteiger partial charge in [0, 0.05) is 41.8 Å². The molecule has 1 aromatic carbocycles. The number of nitrogens with zero attached hydrogens (tertiary/aromatic N) is 1. The molecule has 0 spiro atoms. The lowest BCUT2D eigenvalue weighted by atomic mass is 10.1. The van der Waals surface area contributed by atoms with E-state index >= 15 is 0 Å². The van der Waals surface area contributed by atoms with Crippen LogP contribution in [0.4, 0.5) is 0 Å². The third-order valence-corrected chi connectivity index (χ3v) is 4.21. The summed E-state index contributed by atoms with van der Waals surface area (Å²) >= 11 is 6.16. The van der Waals surface area contributed by atoms with Crippen molar-refractivity contribution in [1.29, 1.82) is 0 Å². The first-order chi connectivity index (χ1) is 9.82. The topological polar surface area (TPSA) is 40.2 Å². The van der Waals surface area contributed by atoms with E-state index in [1.807, 2.05) is 19.1 Å². The van der Waals surface area contributed by atoms with Gasteiger partial charge in [-0.05, 0) is 51.3 Å². The second-order valence-corrected chi connectivity index (χ2v) is 6.84. The fraction of sp³-hybridized carbons (Fsp3) is 0.529. The molecule has 21 heavy (non-hydrogen) atoms. The average molecular weight is 309 g/mol. The minimum absolute atomic E-state index is 0.128. The zero-order valence-corrected chi connectivity index (χ0v) is 14.1. The fourth-order valence-electron chi connectivity index (χ4n) is 2.53. The second-order valence-electron chi connectivity index (χ2n) is 6.40. The van der Waals surface area contributed by atoms with Crippen LogP contribution in [0.2, 0.25) is 5.02 Å². The summed E-state index contributed by atoms with van der Waals surface area (Å²) in [5, 5.41) is 2.01. The van der Waals surface area contributed by atoms with Gasteiger partial charge in [-0.2, -0.15) is 0 Å². The fourth-order valence-corrected chi connectivity index (χ4v) is 2.69. The maximum atomic E-state index is 6.16. The lowest BCUT2D eigenvalue weighted by Gasteiger charge is -2.23. The van der Waals surface area contributed by atoms with Crippen LogP contribution in [-0.2, 0) is 17.7 Å². The summed E-state index contributed by atoms with van der Waals surface area (Å²) in [7, 11) is 1.76. The molecule has 0 aliphatic heterocycles. The predicted octanol–water partition coefficient (Wildman–Crippen LogP) is 4.00. The van der Waals surface area contributed by atoms with Crippen LogP contribution in [0.5, 0.6) is 0 Å². The Balaban J connectivity index is 2.36. The van der Waals surface area contributed by atoms with Crippen LogP contribution in [0, 0.1) is 0 Å². The van der Waals surface area contributed by atoms with Crippen molar-refractivity contribution in [2.45, 2.75) is 51.8 Å². The van der Waals surface area contributed by atoms with Crippen molar-refractivity contribution in [2.24, 2.45) is 5.73 Å². The smallest absolute Gasteiger partial charge is 0.0639 e. The van der Waals surface area contributed by atoms with Crippen molar-refractivity contribution >= 4 is 22.5 Å². The number of aryl methyl sites for hydroxylation is 1. The first kappa shape index (κ1) is 16.3. The van der Waals surface area contributed by atoms with Gasteiger partial charge in [0.15, 0.2) is 0 Å². The normalized spacial score (nSPS) is 13.8. The Morgan fingerprint density at radius 3 is 2.71 bits per heavy atom. The standard InChI is InChI=1S/C17H25ClN2O/c1-12(19)9-13-11-20(8-7-17(2,3)21-4)16-10-14(18)5-6-15(13)16/h5-6,10-12H,7-9,19H2,1-4H3. The summed E-state index contributed by atoms with van der Waals surface area (Å²) < 4.78 is 7.77.